The van der Waals surface area contributed by atoms with Crippen LogP contribution in [-0.2, 0) is 0 Å². The minimum absolute atomic E-state index is 0.0245. The third-order valence-corrected chi connectivity index (χ3v) is 4.40. The van der Waals surface area contributed by atoms with E-state index in [9.17, 15) is 9.59 Å². The molecular formula is C16H17N5O3. The smallest absolute Gasteiger partial charge is 0.327 e. The van der Waals surface area contributed by atoms with Gasteiger partial charge in [-0.3, -0.25) is 9.36 Å². The molecule has 3 aromatic heterocycles. The molecule has 0 radical (unpaired) electrons. The largest absolute Gasteiger partial charge is 0.438 e. The Morgan fingerprint density at radius 3 is 2.83 bits per heavy atom. The molecule has 0 bridgehead atoms. The topological polar surface area (TPSA) is 97.0 Å². The van der Waals surface area contributed by atoms with Crippen LogP contribution in [0, 0.1) is 6.92 Å². The van der Waals surface area contributed by atoms with Gasteiger partial charge < -0.3 is 14.3 Å². The summed E-state index contributed by atoms with van der Waals surface area (Å²) in [5.41, 5.74) is 1.24. The first kappa shape index (κ1) is 14.7. The van der Waals surface area contributed by atoms with Crippen molar-refractivity contribution in [3.63, 3.8) is 0 Å². The van der Waals surface area contributed by atoms with E-state index >= 15 is 0 Å². The quantitative estimate of drug-likeness (QED) is 0.769. The first-order valence-corrected chi connectivity index (χ1v) is 7.90. The molecule has 4 rings (SSSR count). The van der Waals surface area contributed by atoms with Crippen molar-refractivity contribution in [2.75, 3.05) is 13.1 Å². The lowest BCUT2D eigenvalue weighted by Crippen LogP contribution is -2.40. The molecule has 0 spiro atoms. The number of hydrogen-bond acceptors (Lipinski definition) is 5. The van der Waals surface area contributed by atoms with Crippen molar-refractivity contribution in [2.45, 2.75) is 25.8 Å². The summed E-state index contributed by atoms with van der Waals surface area (Å²) in [6.45, 7) is 2.86. The molecule has 0 atom stereocenters. The lowest BCUT2D eigenvalue weighted by Gasteiger charge is -2.31. The summed E-state index contributed by atoms with van der Waals surface area (Å²) in [6, 6.07) is 3.66. The molecule has 124 valence electrons. The number of amides is 1. The summed E-state index contributed by atoms with van der Waals surface area (Å²) >= 11 is 0. The van der Waals surface area contributed by atoms with Crippen LogP contribution >= 0.6 is 0 Å². The SMILES string of the molecule is Cc1cnc(C(=O)N2CCC(n3c(=O)[nH]c4cccnc43)CC2)o1. The fourth-order valence-corrected chi connectivity index (χ4v) is 3.21. The van der Waals surface area contributed by atoms with Crippen molar-refractivity contribution < 1.29 is 9.21 Å². The van der Waals surface area contributed by atoms with Crippen LogP contribution < -0.4 is 5.69 Å². The first-order valence-electron chi connectivity index (χ1n) is 7.90. The Morgan fingerprint density at radius 1 is 1.33 bits per heavy atom. The number of pyridine rings is 1. The van der Waals surface area contributed by atoms with Crippen molar-refractivity contribution in [1.82, 2.24) is 24.4 Å². The summed E-state index contributed by atoms with van der Waals surface area (Å²) in [5.74, 6) is 0.535. The van der Waals surface area contributed by atoms with E-state index in [1.54, 1.807) is 28.7 Å². The number of oxazole rings is 1. The maximum Gasteiger partial charge on any atom is 0.327 e. The number of aromatic amines is 1. The van der Waals surface area contributed by atoms with Crippen LogP contribution in [0.15, 0.2) is 33.7 Å². The molecule has 8 nitrogen and oxygen atoms in total. The molecule has 1 saturated heterocycles. The zero-order valence-corrected chi connectivity index (χ0v) is 13.2. The predicted molar refractivity (Wildman–Crippen MR) is 85.8 cm³/mol. The van der Waals surface area contributed by atoms with E-state index in [1.165, 1.54) is 6.20 Å². The number of fused-ring (bicyclic) bond motifs is 1. The number of aromatic nitrogens is 4. The second-order valence-corrected chi connectivity index (χ2v) is 5.97. The Morgan fingerprint density at radius 2 is 2.12 bits per heavy atom. The second kappa shape index (κ2) is 5.63. The van der Waals surface area contributed by atoms with Crippen molar-refractivity contribution >= 4 is 17.1 Å². The monoisotopic (exact) mass is 327 g/mol. The van der Waals surface area contributed by atoms with Gasteiger partial charge in [-0.15, -0.1) is 0 Å². The van der Waals surface area contributed by atoms with Gasteiger partial charge >= 0.3 is 11.6 Å². The van der Waals surface area contributed by atoms with Gasteiger partial charge in [-0.05, 0) is 31.9 Å². The highest BCUT2D eigenvalue weighted by Crippen LogP contribution is 2.24. The minimum Gasteiger partial charge on any atom is -0.438 e. The average molecular weight is 327 g/mol. The van der Waals surface area contributed by atoms with Crippen molar-refractivity contribution in [3.05, 3.63) is 46.7 Å². The second-order valence-electron chi connectivity index (χ2n) is 5.97. The molecule has 0 unspecified atom stereocenters. The molecule has 1 fully saturated rings. The van der Waals surface area contributed by atoms with Gasteiger partial charge in [0.25, 0.3) is 5.89 Å². The van der Waals surface area contributed by atoms with E-state index in [2.05, 4.69) is 15.0 Å². The summed E-state index contributed by atoms with van der Waals surface area (Å²) < 4.78 is 7.00. The third kappa shape index (κ3) is 2.40. The lowest BCUT2D eigenvalue weighted by molar-refractivity contribution is 0.0653. The van der Waals surface area contributed by atoms with Crippen LogP contribution in [0.4, 0.5) is 0 Å². The van der Waals surface area contributed by atoms with Crippen molar-refractivity contribution in [1.29, 1.82) is 0 Å². The van der Waals surface area contributed by atoms with Gasteiger partial charge in [0.15, 0.2) is 5.65 Å². The van der Waals surface area contributed by atoms with Gasteiger partial charge in [-0.2, -0.15) is 0 Å². The number of imidazole rings is 1. The van der Waals surface area contributed by atoms with Crippen LogP contribution in [0.3, 0.4) is 0 Å². The Hall–Kier alpha value is -2.90. The number of carbonyl (C=O) groups is 1. The van der Waals surface area contributed by atoms with Gasteiger partial charge in [0.05, 0.1) is 11.7 Å². The molecule has 0 saturated carbocycles. The number of H-pyrrole nitrogens is 1. The first-order chi connectivity index (χ1) is 11.6. The van der Waals surface area contributed by atoms with Crippen LogP contribution in [-0.4, -0.2) is 43.4 Å². The molecule has 0 aromatic carbocycles. The van der Waals surface area contributed by atoms with Gasteiger partial charge in [0.2, 0.25) is 0 Å². The molecule has 0 aliphatic carbocycles. The number of rotatable bonds is 2. The number of nitrogens with one attached hydrogen (secondary N) is 1. The Labute approximate surface area is 137 Å². The van der Waals surface area contributed by atoms with Gasteiger partial charge in [0, 0.05) is 25.3 Å². The van der Waals surface area contributed by atoms with E-state index in [0.717, 1.165) is 5.52 Å². The maximum absolute atomic E-state index is 12.4. The van der Waals surface area contributed by atoms with E-state index in [1.807, 2.05) is 6.07 Å². The Balaban J connectivity index is 1.52. The van der Waals surface area contributed by atoms with Crippen LogP contribution in [0.2, 0.25) is 0 Å². The lowest BCUT2D eigenvalue weighted by atomic mass is 10.0. The van der Waals surface area contributed by atoms with Crippen LogP contribution in [0.1, 0.15) is 35.3 Å². The Kier molecular flexibility index (Phi) is 3.44. The molecular weight excluding hydrogens is 310 g/mol. The fraction of sp³-hybridized carbons (Fsp3) is 0.375. The normalized spacial score (nSPS) is 16.0. The number of likely N-dealkylation sites (tertiary alicyclic amines) is 1. The summed E-state index contributed by atoms with van der Waals surface area (Å²) in [4.78, 5) is 37.4. The van der Waals surface area contributed by atoms with Crippen LogP contribution in [0.25, 0.3) is 11.2 Å². The molecule has 1 aliphatic heterocycles. The molecule has 3 aromatic rings. The summed E-state index contributed by atoms with van der Waals surface area (Å²) in [7, 11) is 0. The highest BCUT2D eigenvalue weighted by atomic mass is 16.4. The number of piperidine rings is 1. The standard InChI is InChI=1S/C16H17N5O3/c1-10-9-18-14(24-10)15(22)20-7-4-11(5-8-20)21-13-12(19-16(21)23)3-2-6-17-13/h2-3,6,9,11H,4-5,7-8H2,1H3,(H,19,23). The van der Waals surface area contributed by atoms with Gasteiger partial charge in [-0.25, -0.2) is 14.8 Å². The minimum atomic E-state index is -0.203. The number of aryl methyl sites for hydroxylation is 1. The summed E-state index contributed by atoms with van der Waals surface area (Å²) in [6.07, 6.45) is 4.59. The van der Waals surface area contributed by atoms with Crippen molar-refractivity contribution in [3.8, 4) is 0 Å². The predicted octanol–water partition coefficient (Wildman–Crippen LogP) is 1.50. The van der Waals surface area contributed by atoms with E-state index in [4.69, 9.17) is 4.42 Å². The zero-order valence-electron chi connectivity index (χ0n) is 13.2. The van der Waals surface area contributed by atoms with E-state index in [0.29, 0.717) is 37.3 Å². The van der Waals surface area contributed by atoms with Crippen molar-refractivity contribution in [2.24, 2.45) is 0 Å². The summed E-state index contributed by atoms with van der Waals surface area (Å²) in [5, 5.41) is 0. The zero-order chi connectivity index (χ0) is 16.7. The highest BCUT2D eigenvalue weighted by Gasteiger charge is 2.28. The highest BCUT2D eigenvalue weighted by molar-refractivity contribution is 5.89. The van der Waals surface area contributed by atoms with E-state index in [-0.39, 0.29) is 23.5 Å². The number of hydrogen-bond donors (Lipinski definition) is 1. The fourth-order valence-electron chi connectivity index (χ4n) is 3.21. The molecule has 4 heterocycles. The maximum atomic E-state index is 12.4. The molecule has 1 amide bonds. The van der Waals surface area contributed by atoms with E-state index < -0.39 is 0 Å². The van der Waals surface area contributed by atoms with Crippen LogP contribution in [0.5, 0.6) is 0 Å². The van der Waals surface area contributed by atoms with Gasteiger partial charge in [0.1, 0.15) is 5.76 Å². The molecule has 1 N–H and O–H groups in total. The Bertz CT molecular complexity index is 946. The molecule has 8 heteroatoms. The number of carbonyl (C=O) groups excluding carboxylic acids is 1. The number of nitrogens with zero attached hydrogens (tertiary/aromatic N) is 4. The molecule has 1 aliphatic rings. The molecule has 24 heavy (non-hydrogen) atoms. The van der Waals surface area contributed by atoms with Gasteiger partial charge in [-0.1, -0.05) is 0 Å². The average Bonchev–Trinajstić information content (AvgIpc) is 3.17. The third-order valence-electron chi connectivity index (χ3n) is 4.40.